The summed E-state index contributed by atoms with van der Waals surface area (Å²) in [7, 11) is 0. The number of nitrogens with zero attached hydrogens (tertiary/aromatic N) is 2. The molecule has 28 heavy (non-hydrogen) atoms. The van der Waals surface area contributed by atoms with Gasteiger partial charge in [-0.25, -0.2) is 9.78 Å². The number of aromatic nitrogens is 1. The maximum Gasteiger partial charge on any atom is 0.357 e. The Bertz CT molecular complexity index is 1040. The number of rotatable bonds is 3. The molecular weight excluding hydrogens is 372 g/mol. The van der Waals surface area contributed by atoms with Crippen LogP contribution >= 0.6 is 11.8 Å². The van der Waals surface area contributed by atoms with Crippen molar-refractivity contribution >= 4 is 40.2 Å². The first-order chi connectivity index (χ1) is 13.6. The molecule has 4 rings (SSSR count). The molecule has 0 saturated carbocycles. The average molecular weight is 392 g/mol. The number of carbonyl (C=O) groups excluding carboxylic acids is 2. The highest BCUT2D eigenvalue weighted by Crippen LogP contribution is 2.37. The van der Waals surface area contributed by atoms with E-state index in [0.717, 1.165) is 27.9 Å². The van der Waals surface area contributed by atoms with Crippen LogP contribution in [0.1, 0.15) is 23.8 Å². The minimum atomic E-state index is -0.593. The van der Waals surface area contributed by atoms with E-state index in [9.17, 15) is 9.59 Å². The first kappa shape index (κ1) is 18.5. The number of para-hydroxylation sites is 2. The molecule has 6 heteroatoms. The lowest BCUT2D eigenvalue weighted by Crippen LogP contribution is -2.35. The van der Waals surface area contributed by atoms with Crippen molar-refractivity contribution in [2.75, 3.05) is 18.1 Å². The highest BCUT2D eigenvalue weighted by Gasteiger charge is 2.25. The SMILES string of the molecule is C[C@@H]1CCN(C(=O)COC(=O)c2ccc3ccccc3n2)c2ccccc2S1. The Labute approximate surface area is 167 Å². The number of ether oxygens (including phenoxy) is 1. The fraction of sp³-hybridized carbons (Fsp3) is 0.227. The van der Waals surface area contributed by atoms with Crippen molar-refractivity contribution in [3.63, 3.8) is 0 Å². The molecule has 0 fully saturated rings. The summed E-state index contributed by atoms with van der Waals surface area (Å²) in [5.74, 6) is -0.818. The standard InChI is InChI=1S/C22H20N2O3S/c1-15-12-13-24(19-8-4-5-9-20(19)28-15)21(25)14-27-22(26)18-11-10-16-6-2-3-7-17(16)23-18/h2-11,15H,12-14H2,1H3/t15-/m1/s1. The monoisotopic (exact) mass is 392 g/mol. The number of hydrogen-bond donors (Lipinski definition) is 0. The summed E-state index contributed by atoms with van der Waals surface area (Å²) in [6.07, 6.45) is 0.880. The summed E-state index contributed by atoms with van der Waals surface area (Å²) >= 11 is 1.76. The minimum absolute atomic E-state index is 0.201. The summed E-state index contributed by atoms with van der Waals surface area (Å²) < 4.78 is 5.28. The quantitative estimate of drug-likeness (QED) is 0.622. The van der Waals surface area contributed by atoms with Crippen molar-refractivity contribution in [3.05, 3.63) is 66.4 Å². The Morgan fingerprint density at radius 2 is 1.89 bits per heavy atom. The van der Waals surface area contributed by atoms with E-state index in [4.69, 9.17) is 4.74 Å². The smallest absolute Gasteiger partial charge is 0.357 e. The van der Waals surface area contributed by atoms with Gasteiger partial charge in [0.2, 0.25) is 0 Å². The largest absolute Gasteiger partial charge is 0.451 e. The van der Waals surface area contributed by atoms with Crippen LogP contribution in [0.4, 0.5) is 5.69 Å². The number of anilines is 1. The van der Waals surface area contributed by atoms with Crippen LogP contribution in [0.15, 0.2) is 65.6 Å². The number of fused-ring (bicyclic) bond motifs is 2. The van der Waals surface area contributed by atoms with E-state index in [1.165, 1.54) is 0 Å². The second-order valence-corrected chi connectivity index (χ2v) is 8.18. The lowest BCUT2D eigenvalue weighted by molar-refractivity contribution is -0.121. The van der Waals surface area contributed by atoms with Crippen molar-refractivity contribution in [2.45, 2.75) is 23.5 Å². The van der Waals surface area contributed by atoms with Crippen molar-refractivity contribution in [1.29, 1.82) is 0 Å². The predicted octanol–water partition coefficient (Wildman–Crippen LogP) is 4.31. The van der Waals surface area contributed by atoms with Crippen LogP contribution in [0.5, 0.6) is 0 Å². The molecule has 1 aliphatic heterocycles. The van der Waals surface area contributed by atoms with Crippen LogP contribution < -0.4 is 4.90 Å². The van der Waals surface area contributed by atoms with Gasteiger partial charge in [-0.05, 0) is 30.7 Å². The zero-order valence-electron chi connectivity index (χ0n) is 15.5. The number of esters is 1. The Morgan fingerprint density at radius 1 is 1.11 bits per heavy atom. The molecular formula is C22H20N2O3S. The maximum atomic E-state index is 12.8. The molecule has 2 heterocycles. The summed E-state index contributed by atoms with van der Waals surface area (Å²) in [5, 5.41) is 1.37. The van der Waals surface area contributed by atoms with Crippen molar-refractivity contribution in [2.24, 2.45) is 0 Å². The molecule has 5 nitrogen and oxygen atoms in total. The van der Waals surface area contributed by atoms with Crippen LogP contribution in [0, 0.1) is 0 Å². The van der Waals surface area contributed by atoms with E-state index >= 15 is 0 Å². The predicted molar refractivity (Wildman–Crippen MR) is 111 cm³/mol. The number of hydrogen-bond acceptors (Lipinski definition) is 5. The van der Waals surface area contributed by atoms with Crippen LogP contribution in [-0.4, -0.2) is 35.3 Å². The van der Waals surface area contributed by atoms with E-state index in [0.29, 0.717) is 11.8 Å². The van der Waals surface area contributed by atoms with Crippen LogP contribution in [-0.2, 0) is 9.53 Å². The third-order valence-electron chi connectivity index (χ3n) is 4.68. The van der Waals surface area contributed by atoms with E-state index in [-0.39, 0.29) is 18.2 Å². The van der Waals surface area contributed by atoms with Crippen molar-refractivity contribution in [1.82, 2.24) is 4.98 Å². The molecule has 1 amide bonds. The number of carbonyl (C=O) groups is 2. The van der Waals surface area contributed by atoms with E-state index in [1.807, 2.05) is 54.6 Å². The van der Waals surface area contributed by atoms with Gasteiger partial charge in [0.25, 0.3) is 5.91 Å². The highest BCUT2D eigenvalue weighted by molar-refractivity contribution is 8.00. The zero-order valence-corrected chi connectivity index (χ0v) is 16.3. The van der Waals surface area contributed by atoms with Gasteiger partial charge in [0.15, 0.2) is 6.61 Å². The van der Waals surface area contributed by atoms with Gasteiger partial charge in [-0.2, -0.15) is 0 Å². The Balaban J connectivity index is 1.47. The van der Waals surface area contributed by atoms with Crippen LogP contribution in [0.25, 0.3) is 10.9 Å². The Hall–Kier alpha value is -2.86. The lowest BCUT2D eigenvalue weighted by Gasteiger charge is -2.22. The lowest BCUT2D eigenvalue weighted by atomic mass is 10.2. The third-order valence-corrected chi connectivity index (χ3v) is 5.92. The summed E-state index contributed by atoms with van der Waals surface area (Å²) in [5.41, 5.74) is 1.80. The van der Waals surface area contributed by atoms with E-state index in [2.05, 4.69) is 11.9 Å². The Kier molecular flexibility index (Phi) is 5.30. The highest BCUT2D eigenvalue weighted by atomic mass is 32.2. The molecule has 142 valence electrons. The van der Waals surface area contributed by atoms with Gasteiger partial charge in [0.05, 0.1) is 11.2 Å². The van der Waals surface area contributed by atoms with Gasteiger partial charge in [0.1, 0.15) is 5.69 Å². The molecule has 0 unspecified atom stereocenters. The molecule has 1 atom stereocenters. The maximum absolute atomic E-state index is 12.8. The fourth-order valence-electron chi connectivity index (χ4n) is 3.20. The molecule has 1 aliphatic rings. The summed E-state index contributed by atoms with van der Waals surface area (Å²) in [4.78, 5) is 32.3. The van der Waals surface area contributed by atoms with Gasteiger partial charge >= 0.3 is 5.97 Å². The normalized spacial score (nSPS) is 16.3. The van der Waals surface area contributed by atoms with Gasteiger partial charge in [0, 0.05) is 22.1 Å². The first-order valence-electron chi connectivity index (χ1n) is 9.21. The third kappa shape index (κ3) is 3.87. The Morgan fingerprint density at radius 3 is 2.79 bits per heavy atom. The molecule has 0 saturated heterocycles. The van der Waals surface area contributed by atoms with Gasteiger partial charge < -0.3 is 9.64 Å². The second-order valence-electron chi connectivity index (χ2n) is 6.70. The number of benzene rings is 2. The van der Waals surface area contributed by atoms with Gasteiger partial charge in [-0.15, -0.1) is 11.8 Å². The minimum Gasteiger partial charge on any atom is -0.451 e. The zero-order chi connectivity index (χ0) is 19.5. The number of pyridine rings is 1. The van der Waals surface area contributed by atoms with Crippen molar-refractivity contribution in [3.8, 4) is 0 Å². The molecule has 0 bridgehead atoms. The van der Waals surface area contributed by atoms with Crippen LogP contribution in [0.2, 0.25) is 0 Å². The molecule has 0 spiro atoms. The summed E-state index contributed by atoms with van der Waals surface area (Å²) in [6, 6.07) is 18.8. The molecule has 0 radical (unpaired) electrons. The van der Waals surface area contributed by atoms with E-state index < -0.39 is 5.97 Å². The molecule has 0 aliphatic carbocycles. The fourth-order valence-corrected chi connectivity index (χ4v) is 4.32. The number of thioether (sulfide) groups is 1. The number of amides is 1. The molecule has 3 aromatic rings. The molecule has 0 N–H and O–H groups in total. The van der Waals surface area contributed by atoms with Crippen LogP contribution in [0.3, 0.4) is 0 Å². The molecule has 1 aromatic heterocycles. The molecule has 2 aromatic carbocycles. The van der Waals surface area contributed by atoms with Gasteiger partial charge in [-0.3, -0.25) is 4.79 Å². The van der Waals surface area contributed by atoms with E-state index in [1.54, 1.807) is 22.7 Å². The van der Waals surface area contributed by atoms with Gasteiger partial charge in [-0.1, -0.05) is 43.3 Å². The average Bonchev–Trinajstić information content (AvgIpc) is 2.89. The van der Waals surface area contributed by atoms with Crippen molar-refractivity contribution < 1.29 is 14.3 Å². The first-order valence-corrected chi connectivity index (χ1v) is 10.1. The topological polar surface area (TPSA) is 59.5 Å². The summed E-state index contributed by atoms with van der Waals surface area (Å²) in [6.45, 7) is 2.46. The second kappa shape index (κ2) is 8.02.